The molecule has 0 aliphatic rings. The Balaban J connectivity index is 3.09. The Hall–Kier alpha value is -1.53. The number of ether oxygens (including phenoxy) is 1. The van der Waals surface area contributed by atoms with Crippen molar-refractivity contribution in [2.75, 3.05) is 6.61 Å². The number of primary amides is 1. The van der Waals surface area contributed by atoms with Crippen molar-refractivity contribution >= 4 is 34.8 Å². The fourth-order valence-corrected chi connectivity index (χ4v) is 1.24. The Labute approximate surface area is 100 Å². The van der Waals surface area contributed by atoms with Crippen molar-refractivity contribution in [2.45, 2.75) is 0 Å². The van der Waals surface area contributed by atoms with Gasteiger partial charge in [0.2, 0.25) is 0 Å². The third-order valence-corrected chi connectivity index (χ3v) is 2.29. The Morgan fingerprint density at radius 1 is 1.44 bits per heavy atom. The maximum atomic E-state index is 10.6. The van der Waals surface area contributed by atoms with Gasteiger partial charge in [0.15, 0.2) is 12.4 Å². The standard InChI is InChI=1S/C8H6Cl2N2O4/c9-4-1-6(12(14)15)7(2-5(4)10)16-3-8(11)13/h1-2H,3H2,(H2,11,13). The van der Waals surface area contributed by atoms with Crippen LogP contribution in [0.1, 0.15) is 0 Å². The minimum Gasteiger partial charge on any atom is -0.477 e. The molecule has 1 aromatic rings. The molecule has 0 unspecified atom stereocenters. The number of rotatable bonds is 4. The van der Waals surface area contributed by atoms with Gasteiger partial charge in [-0.2, -0.15) is 0 Å². The van der Waals surface area contributed by atoms with E-state index in [1.807, 2.05) is 0 Å². The zero-order chi connectivity index (χ0) is 12.3. The van der Waals surface area contributed by atoms with Crippen molar-refractivity contribution in [3.8, 4) is 5.75 Å². The number of amides is 1. The lowest BCUT2D eigenvalue weighted by Gasteiger charge is -2.05. The molecular formula is C8H6Cl2N2O4. The molecule has 0 aromatic heterocycles. The van der Waals surface area contributed by atoms with Crippen LogP contribution in [0.3, 0.4) is 0 Å². The van der Waals surface area contributed by atoms with Gasteiger partial charge in [0.1, 0.15) is 0 Å². The molecule has 1 aromatic carbocycles. The molecule has 1 amide bonds. The summed E-state index contributed by atoms with van der Waals surface area (Å²) < 4.78 is 4.84. The second-order valence-electron chi connectivity index (χ2n) is 2.75. The van der Waals surface area contributed by atoms with Crippen molar-refractivity contribution in [1.82, 2.24) is 0 Å². The third-order valence-electron chi connectivity index (χ3n) is 1.57. The summed E-state index contributed by atoms with van der Waals surface area (Å²) in [5.41, 5.74) is 4.46. The Kier molecular flexibility index (Phi) is 3.92. The fraction of sp³-hybridized carbons (Fsp3) is 0.125. The lowest BCUT2D eigenvalue weighted by atomic mass is 10.3. The van der Waals surface area contributed by atoms with Crippen LogP contribution in [-0.4, -0.2) is 17.4 Å². The predicted octanol–water partition coefficient (Wildman–Crippen LogP) is 1.77. The van der Waals surface area contributed by atoms with Crippen LogP contribution in [0.2, 0.25) is 10.0 Å². The fourth-order valence-electron chi connectivity index (χ4n) is 0.925. The lowest BCUT2D eigenvalue weighted by Crippen LogP contribution is -2.20. The molecule has 1 rings (SSSR count). The molecule has 0 bridgehead atoms. The van der Waals surface area contributed by atoms with Crippen LogP contribution in [-0.2, 0) is 4.79 Å². The number of hydrogen-bond acceptors (Lipinski definition) is 4. The second kappa shape index (κ2) is 5.00. The van der Waals surface area contributed by atoms with Gasteiger partial charge in [-0.15, -0.1) is 0 Å². The zero-order valence-electron chi connectivity index (χ0n) is 7.78. The second-order valence-corrected chi connectivity index (χ2v) is 3.56. The molecule has 0 spiro atoms. The first-order chi connectivity index (χ1) is 7.41. The first-order valence-corrected chi connectivity index (χ1v) is 4.72. The molecule has 0 saturated heterocycles. The smallest absolute Gasteiger partial charge is 0.312 e. The van der Waals surface area contributed by atoms with E-state index in [-0.39, 0.29) is 21.5 Å². The van der Waals surface area contributed by atoms with Crippen LogP contribution in [0.25, 0.3) is 0 Å². The Bertz CT molecular complexity index is 450. The highest BCUT2D eigenvalue weighted by molar-refractivity contribution is 6.42. The molecule has 0 aliphatic heterocycles. The number of carbonyl (C=O) groups is 1. The van der Waals surface area contributed by atoms with Gasteiger partial charge < -0.3 is 10.5 Å². The van der Waals surface area contributed by atoms with E-state index in [0.717, 1.165) is 12.1 Å². The van der Waals surface area contributed by atoms with Gasteiger partial charge in [-0.25, -0.2) is 0 Å². The van der Waals surface area contributed by atoms with Crippen LogP contribution in [0.15, 0.2) is 12.1 Å². The van der Waals surface area contributed by atoms with Crippen molar-refractivity contribution in [2.24, 2.45) is 5.73 Å². The average molecular weight is 265 g/mol. The zero-order valence-corrected chi connectivity index (χ0v) is 9.29. The third kappa shape index (κ3) is 2.98. The minimum atomic E-state index is -0.750. The van der Waals surface area contributed by atoms with Gasteiger partial charge in [0.25, 0.3) is 5.91 Å². The quantitative estimate of drug-likeness (QED) is 0.662. The van der Waals surface area contributed by atoms with E-state index >= 15 is 0 Å². The molecule has 8 heteroatoms. The van der Waals surface area contributed by atoms with Crippen molar-refractivity contribution in [1.29, 1.82) is 0 Å². The van der Waals surface area contributed by atoms with Gasteiger partial charge in [-0.1, -0.05) is 23.2 Å². The van der Waals surface area contributed by atoms with Crippen molar-refractivity contribution in [3.05, 3.63) is 32.3 Å². The van der Waals surface area contributed by atoms with E-state index in [4.69, 9.17) is 33.7 Å². The van der Waals surface area contributed by atoms with E-state index < -0.39 is 17.4 Å². The molecule has 2 N–H and O–H groups in total. The summed E-state index contributed by atoms with van der Waals surface area (Å²) in [6.45, 7) is -0.473. The molecule has 0 heterocycles. The highest BCUT2D eigenvalue weighted by atomic mass is 35.5. The lowest BCUT2D eigenvalue weighted by molar-refractivity contribution is -0.385. The molecule has 0 fully saturated rings. The van der Waals surface area contributed by atoms with E-state index in [9.17, 15) is 14.9 Å². The summed E-state index contributed by atoms with van der Waals surface area (Å²) in [5, 5.41) is 10.8. The number of nitro benzene ring substituents is 1. The number of hydrogen-bond donors (Lipinski definition) is 1. The van der Waals surface area contributed by atoms with E-state index in [1.165, 1.54) is 0 Å². The molecule has 86 valence electrons. The first kappa shape index (κ1) is 12.5. The average Bonchev–Trinajstić information content (AvgIpc) is 2.18. The summed E-state index contributed by atoms with van der Waals surface area (Å²) >= 11 is 11.3. The number of nitro groups is 1. The van der Waals surface area contributed by atoms with E-state index in [1.54, 1.807) is 0 Å². The number of nitrogens with zero attached hydrogens (tertiary/aromatic N) is 1. The maximum absolute atomic E-state index is 10.6. The number of benzene rings is 1. The number of nitrogens with two attached hydrogens (primary N) is 1. The normalized spacial score (nSPS) is 9.88. The molecule has 16 heavy (non-hydrogen) atoms. The van der Waals surface area contributed by atoms with Crippen LogP contribution in [0.4, 0.5) is 5.69 Å². The van der Waals surface area contributed by atoms with Crippen LogP contribution >= 0.6 is 23.2 Å². The van der Waals surface area contributed by atoms with Crippen molar-refractivity contribution in [3.63, 3.8) is 0 Å². The van der Waals surface area contributed by atoms with Crippen LogP contribution in [0.5, 0.6) is 5.75 Å². The Morgan fingerprint density at radius 2 is 2.00 bits per heavy atom. The first-order valence-electron chi connectivity index (χ1n) is 3.96. The van der Waals surface area contributed by atoms with E-state index in [0.29, 0.717) is 0 Å². The van der Waals surface area contributed by atoms with Crippen LogP contribution in [0, 0.1) is 10.1 Å². The molecule has 0 radical (unpaired) electrons. The minimum absolute atomic E-state index is 0.0276. The maximum Gasteiger partial charge on any atom is 0.312 e. The Morgan fingerprint density at radius 3 is 2.50 bits per heavy atom. The highest BCUT2D eigenvalue weighted by Crippen LogP contribution is 2.35. The van der Waals surface area contributed by atoms with Gasteiger partial charge in [0, 0.05) is 12.1 Å². The summed E-state index contributed by atoms with van der Waals surface area (Å²) in [6, 6.07) is 2.20. The van der Waals surface area contributed by atoms with Crippen molar-refractivity contribution < 1.29 is 14.5 Å². The van der Waals surface area contributed by atoms with Gasteiger partial charge in [-0.05, 0) is 0 Å². The highest BCUT2D eigenvalue weighted by Gasteiger charge is 2.18. The summed E-state index contributed by atoms with van der Waals surface area (Å²) in [6.07, 6.45) is 0. The number of halogens is 2. The predicted molar refractivity (Wildman–Crippen MR) is 57.8 cm³/mol. The molecule has 0 saturated carbocycles. The molecule has 0 atom stereocenters. The van der Waals surface area contributed by atoms with Gasteiger partial charge >= 0.3 is 5.69 Å². The largest absolute Gasteiger partial charge is 0.477 e. The number of carbonyl (C=O) groups excluding carboxylic acids is 1. The molecular weight excluding hydrogens is 259 g/mol. The van der Waals surface area contributed by atoms with E-state index in [2.05, 4.69) is 0 Å². The SMILES string of the molecule is NC(=O)COc1cc(Cl)c(Cl)cc1[N+](=O)[O-]. The summed E-state index contributed by atoms with van der Waals surface area (Å²) in [7, 11) is 0. The molecule has 0 aliphatic carbocycles. The summed E-state index contributed by atoms with van der Waals surface area (Å²) in [4.78, 5) is 20.4. The van der Waals surface area contributed by atoms with Gasteiger partial charge in [-0.3, -0.25) is 14.9 Å². The van der Waals surface area contributed by atoms with Gasteiger partial charge in [0.05, 0.1) is 15.0 Å². The van der Waals surface area contributed by atoms with Crippen LogP contribution < -0.4 is 10.5 Å². The summed E-state index contributed by atoms with van der Waals surface area (Å²) in [5.74, 6) is -0.904. The topological polar surface area (TPSA) is 95.5 Å². The monoisotopic (exact) mass is 264 g/mol. The molecule has 6 nitrogen and oxygen atoms in total.